The van der Waals surface area contributed by atoms with Crippen LogP contribution in [0.4, 0.5) is 0 Å². The summed E-state index contributed by atoms with van der Waals surface area (Å²) in [6.45, 7) is 12.5. The lowest BCUT2D eigenvalue weighted by Gasteiger charge is -2.33. The Morgan fingerprint density at radius 3 is 2.57 bits per heavy atom. The molecule has 86 valence electrons. The van der Waals surface area contributed by atoms with E-state index in [9.17, 15) is 0 Å². The molecule has 0 radical (unpaired) electrons. The van der Waals surface area contributed by atoms with E-state index in [-0.39, 0.29) is 0 Å². The summed E-state index contributed by atoms with van der Waals surface area (Å²) in [7, 11) is 0. The van der Waals surface area contributed by atoms with E-state index in [1.54, 1.807) is 0 Å². The molecule has 0 bridgehead atoms. The second-order valence-electron chi connectivity index (χ2n) is 3.58. The summed E-state index contributed by atoms with van der Waals surface area (Å²) in [4.78, 5) is 2.54. The van der Waals surface area contributed by atoms with Crippen LogP contribution in [0, 0.1) is 0 Å². The van der Waals surface area contributed by atoms with Crippen molar-refractivity contribution in [1.29, 1.82) is 0 Å². The molecule has 0 aromatic carbocycles. The first-order valence-electron chi connectivity index (χ1n) is 6.16. The summed E-state index contributed by atoms with van der Waals surface area (Å²) in [6, 6.07) is 0.777. The van der Waals surface area contributed by atoms with Gasteiger partial charge in [0, 0.05) is 19.2 Å². The molecule has 14 heavy (non-hydrogen) atoms. The van der Waals surface area contributed by atoms with Crippen molar-refractivity contribution in [3.8, 4) is 0 Å². The van der Waals surface area contributed by atoms with Crippen molar-refractivity contribution in [1.82, 2.24) is 4.90 Å². The van der Waals surface area contributed by atoms with Gasteiger partial charge in [-0.05, 0) is 33.2 Å². The van der Waals surface area contributed by atoms with Crippen molar-refractivity contribution in [2.45, 2.75) is 53.0 Å². The van der Waals surface area contributed by atoms with E-state index in [0.29, 0.717) is 0 Å². The molecule has 1 heterocycles. The van der Waals surface area contributed by atoms with Gasteiger partial charge in [0.25, 0.3) is 0 Å². The highest BCUT2D eigenvalue weighted by Gasteiger charge is 2.16. The molecule has 1 aliphatic rings. The molecule has 0 saturated carbocycles. The van der Waals surface area contributed by atoms with Gasteiger partial charge in [-0.2, -0.15) is 0 Å². The molecule has 1 atom stereocenters. The van der Waals surface area contributed by atoms with Gasteiger partial charge in [0.2, 0.25) is 0 Å². The number of rotatable bonds is 4. The first kappa shape index (κ1) is 13.9. The minimum absolute atomic E-state index is 0.777. The van der Waals surface area contributed by atoms with Gasteiger partial charge >= 0.3 is 0 Å². The molecule has 0 N–H and O–H groups in total. The lowest BCUT2D eigenvalue weighted by Crippen LogP contribution is -2.39. The lowest BCUT2D eigenvalue weighted by atomic mass is 10.0. The van der Waals surface area contributed by atoms with Crippen LogP contribution in [0.5, 0.6) is 0 Å². The van der Waals surface area contributed by atoms with Gasteiger partial charge in [-0.25, -0.2) is 0 Å². The monoisotopic (exact) mass is 201 g/mol. The highest BCUT2D eigenvalue weighted by Crippen LogP contribution is 2.15. The number of piperidine rings is 1. The van der Waals surface area contributed by atoms with Crippen molar-refractivity contribution in [3.63, 3.8) is 0 Å². The van der Waals surface area contributed by atoms with Crippen molar-refractivity contribution < 1.29 is 4.74 Å². The fourth-order valence-corrected chi connectivity index (χ4v) is 1.82. The zero-order chi connectivity index (χ0) is 10.8. The van der Waals surface area contributed by atoms with E-state index < -0.39 is 0 Å². The van der Waals surface area contributed by atoms with Crippen molar-refractivity contribution in [2.75, 3.05) is 26.3 Å². The third kappa shape index (κ3) is 5.61. The number of likely N-dealkylation sites (tertiary alicyclic amines) is 1. The molecular weight excluding hydrogens is 174 g/mol. The SMILES string of the molecule is CC.CCOCCN1CCCC[C@H]1C. The standard InChI is InChI=1S/C10H21NO.C2H6/c1-3-12-9-8-11-7-5-4-6-10(11)2;1-2/h10H,3-9H2,1-2H3;1-2H3/t10-;/m1./s1. The average Bonchev–Trinajstić information content (AvgIpc) is 2.24. The third-order valence-corrected chi connectivity index (χ3v) is 2.67. The van der Waals surface area contributed by atoms with Crippen molar-refractivity contribution in [3.05, 3.63) is 0 Å². The minimum Gasteiger partial charge on any atom is -0.380 e. The first-order chi connectivity index (χ1) is 6.84. The molecule has 0 spiro atoms. The molecule has 1 saturated heterocycles. The van der Waals surface area contributed by atoms with Crippen LogP contribution in [0.2, 0.25) is 0 Å². The van der Waals surface area contributed by atoms with Gasteiger partial charge in [0.15, 0.2) is 0 Å². The zero-order valence-electron chi connectivity index (χ0n) is 10.4. The maximum atomic E-state index is 5.34. The number of nitrogens with zero attached hydrogens (tertiary/aromatic N) is 1. The first-order valence-corrected chi connectivity index (χ1v) is 6.16. The molecule has 2 heteroatoms. The molecule has 0 aliphatic carbocycles. The van der Waals surface area contributed by atoms with Crippen LogP contribution in [-0.2, 0) is 4.74 Å². The summed E-state index contributed by atoms with van der Waals surface area (Å²) in [5.41, 5.74) is 0. The zero-order valence-corrected chi connectivity index (χ0v) is 10.4. The Balaban J connectivity index is 0.000000791. The maximum Gasteiger partial charge on any atom is 0.0593 e. The van der Waals surface area contributed by atoms with Gasteiger partial charge in [0.1, 0.15) is 0 Å². The van der Waals surface area contributed by atoms with E-state index >= 15 is 0 Å². The van der Waals surface area contributed by atoms with Gasteiger partial charge in [0.05, 0.1) is 6.61 Å². The average molecular weight is 201 g/mol. The van der Waals surface area contributed by atoms with E-state index in [2.05, 4.69) is 18.7 Å². The van der Waals surface area contributed by atoms with Gasteiger partial charge < -0.3 is 4.74 Å². The molecule has 1 rings (SSSR count). The Hall–Kier alpha value is -0.0800. The molecule has 1 aliphatic heterocycles. The van der Waals surface area contributed by atoms with E-state index in [4.69, 9.17) is 4.74 Å². The fourth-order valence-electron chi connectivity index (χ4n) is 1.82. The fraction of sp³-hybridized carbons (Fsp3) is 1.00. The van der Waals surface area contributed by atoms with E-state index in [1.165, 1.54) is 25.8 Å². The van der Waals surface area contributed by atoms with E-state index in [0.717, 1.165) is 25.8 Å². The maximum absolute atomic E-state index is 5.34. The van der Waals surface area contributed by atoms with Crippen LogP contribution < -0.4 is 0 Å². The van der Waals surface area contributed by atoms with Crippen molar-refractivity contribution in [2.24, 2.45) is 0 Å². The smallest absolute Gasteiger partial charge is 0.0593 e. The molecular formula is C12H27NO. The quantitative estimate of drug-likeness (QED) is 0.648. The summed E-state index contributed by atoms with van der Waals surface area (Å²) in [5, 5.41) is 0. The van der Waals surface area contributed by atoms with E-state index in [1.807, 2.05) is 13.8 Å². The number of hydrogen-bond acceptors (Lipinski definition) is 2. The predicted molar refractivity (Wildman–Crippen MR) is 62.7 cm³/mol. The van der Waals surface area contributed by atoms with Crippen LogP contribution >= 0.6 is 0 Å². The summed E-state index contributed by atoms with van der Waals surface area (Å²) in [5.74, 6) is 0. The van der Waals surface area contributed by atoms with Crippen LogP contribution in [0.25, 0.3) is 0 Å². The van der Waals surface area contributed by atoms with Crippen LogP contribution in [0.3, 0.4) is 0 Å². The summed E-state index contributed by atoms with van der Waals surface area (Å²) in [6.07, 6.45) is 4.15. The van der Waals surface area contributed by atoms with Crippen LogP contribution in [-0.4, -0.2) is 37.2 Å². The number of ether oxygens (including phenoxy) is 1. The summed E-state index contributed by atoms with van der Waals surface area (Å²) >= 11 is 0. The Labute approximate surface area is 89.6 Å². The third-order valence-electron chi connectivity index (χ3n) is 2.67. The van der Waals surface area contributed by atoms with Gasteiger partial charge in [-0.3, -0.25) is 4.90 Å². The van der Waals surface area contributed by atoms with Gasteiger partial charge in [-0.15, -0.1) is 0 Å². The topological polar surface area (TPSA) is 12.5 Å². The second-order valence-corrected chi connectivity index (χ2v) is 3.58. The summed E-state index contributed by atoms with van der Waals surface area (Å²) < 4.78 is 5.34. The van der Waals surface area contributed by atoms with Crippen LogP contribution in [0.15, 0.2) is 0 Å². The number of hydrogen-bond donors (Lipinski definition) is 0. The molecule has 0 amide bonds. The Morgan fingerprint density at radius 1 is 1.29 bits per heavy atom. The Morgan fingerprint density at radius 2 is 2.00 bits per heavy atom. The lowest BCUT2D eigenvalue weighted by molar-refractivity contribution is 0.0828. The van der Waals surface area contributed by atoms with Gasteiger partial charge in [-0.1, -0.05) is 20.3 Å². The Kier molecular flexibility index (Phi) is 9.42. The van der Waals surface area contributed by atoms with Crippen molar-refractivity contribution >= 4 is 0 Å². The normalized spacial score (nSPS) is 22.7. The minimum atomic E-state index is 0.777. The predicted octanol–water partition coefficient (Wildman–Crippen LogP) is 2.92. The van der Waals surface area contributed by atoms with Crippen LogP contribution in [0.1, 0.15) is 47.0 Å². The second kappa shape index (κ2) is 9.47. The molecule has 0 unspecified atom stereocenters. The highest BCUT2D eigenvalue weighted by atomic mass is 16.5. The molecule has 0 aromatic rings. The Bertz CT molecular complexity index is 117. The molecule has 1 fully saturated rings. The largest absolute Gasteiger partial charge is 0.380 e. The highest BCUT2D eigenvalue weighted by molar-refractivity contribution is 4.72. The molecule has 2 nitrogen and oxygen atoms in total. The molecule has 0 aromatic heterocycles.